The molecular weight excluding hydrogens is 120 g/mol. The number of aryl methyl sites for hydroxylation is 1. The summed E-state index contributed by atoms with van der Waals surface area (Å²) < 4.78 is 0.500. The first-order valence-electron chi connectivity index (χ1n) is 2.46. The van der Waals surface area contributed by atoms with Crippen LogP contribution in [0.15, 0.2) is 17.1 Å². The molecule has 0 aliphatic heterocycles. The van der Waals surface area contributed by atoms with Crippen LogP contribution in [0.25, 0.3) is 0 Å². The molecule has 4 nitrogen and oxygen atoms in total. The van der Waals surface area contributed by atoms with Crippen molar-refractivity contribution in [1.29, 1.82) is 0 Å². The highest BCUT2D eigenvalue weighted by Gasteiger charge is 1.92. The predicted molar refractivity (Wildman–Crippen MR) is 30.4 cm³/mol. The molecule has 0 fully saturated rings. The van der Waals surface area contributed by atoms with Crippen LogP contribution in [-0.4, -0.2) is 14.9 Å². The number of nitrogens with zero attached hydrogens (tertiary/aromatic N) is 2. The molecule has 0 atom stereocenters. The van der Waals surface area contributed by atoms with E-state index in [4.69, 9.17) is 5.21 Å². The van der Waals surface area contributed by atoms with Gasteiger partial charge in [-0.15, -0.1) is 4.73 Å². The molecule has 0 aromatic carbocycles. The maximum Gasteiger partial charge on any atom is 0.380 e. The molecule has 1 rings (SSSR count). The molecule has 0 amide bonds. The van der Waals surface area contributed by atoms with E-state index in [2.05, 4.69) is 4.98 Å². The third-order valence-electron chi connectivity index (χ3n) is 1.02. The monoisotopic (exact) mass is 126 g/mol. The Morgan fingerprint density at radius 3 is 2.89 bits per heavy atom. The highest BCUT2D eigenvalue weighted by molar-refractivity contribution is 4.94. The summed E-state index contributed by atoms with van der Waals surface area (Å²) in [5, 5.41) is 8.75. The summed E-state index contributed by atoms with van der Waals surface area (Å²) >= 11 is 0. The molecule has 1 heterocycles. The SMILES string of the molecule is Cc1ccnc(=O)n1O. The molecule has 1 aromatic heterocycles. The first-order valence-corrected chi connectivity index (χ1v) is 2.46. The third kappa shape index (κ3) is 0.910. The molecule has 0 saturated carbocycles. The molecule has 1 N–H and O–H groups in total. The van der Waals surface area contributed by atoms with Gasteiger partial charge in [0.15, 0.2) is 0 Å². The summed E-state index contributed by atoms with van der Waals surface area (Å²) in [6.07, 6.45) is 1.35. The van der Waals surface area contributed by atoms with Crippen LogP contribution in [-0.2, 0) is 0 Å². The summed E-state index contributed by atoms with van der Waals surface area (Å²) in [4.78, 5) is 13.7. The maximum absolute atomic E-state index is 10.4. The van der Waals surface area contributed by atoms with Crippen LogP contribution in [0.1, 0.15) is 5.69 Å². The van der Waals surface area contributed by atoms with Gasteiger partial charge in [-0.05, 0) is 13.0 Å². The quantitative estimate of drug-likeness (QED) is 0.489. The Balaban J connectivity index is 3.43. The zero-order chi connectivity index (χ0) is 6.85. The fraction of sp³-hybridized carbons (Fsp3) is 0.200. The zero-order valence-electron chi connectivity index (χ0n) is 4.90. The van der Waals surface area contributed by atoms with Gasteiger partial charge in [-0.2, -0.15) is 4.98 Å². The lowest BCUT2D eigenvalue weighted by Gasteiger charge is -1.95. The van der Waals surface area contributed by atoms with E-state index in [9.17, 15) is 4.79 Å². The van der Waals surface area contributed by atoms with Crippen molar-refractivity contribution in [3.05, 3.63) is 28.4 Å². The lowest BCUT2D eigenvalue weighted by Crippen LogP contribution is -2.21. The van der Waals surface area contributed by atoms with Crippen molar-refractivity contribution >= 4 is 0 Å². The van der Waals surface area contributed by atoms with Crippen molar-refractivity contribution in [2.75, 3.05) is 0 Å². The van der Waals surface area contributed by atoms with E-state index >= 15 is 0 Å². The fourth-order valence-corrected chi connectivity index (χ4v) is 0.485. The smallest absolute Gasteiger partial charge is 0.380 e. The molecule has 0 aliphatic carbocycles. The first kappa shape index (κ1) is 5.81. The predicted octanol–water partition coefficient (Wildman–Crippen LogP) is -0.211. The van der Waals surface area contributed by atoms with Gasteiger partial charge < -0.3 is 5.21 Å². The van der Waals surface area contributed by atoms with E-state index in [0.29, 0.717) is 10.4 Å². The molecule has 0 saturated heterocycles. The molecule has 0 radical (unpaired) electrons. The minimum atomic E-state index is -0.644. The second-order valence-electron chi connectivity index (χ2n) is 1.68. The fourth-order valence-electron chi connectivity index (χ4n) is 0.485. The second-order valence-corrected chi connectivity index (χ2v) is 1.68. The van der Waals surface area contributed by atoms with Gasteiger partial charge in [0.05, 0.1) is 5.69 Å². The molecule has 0 bridgehead atoms. The second kappa shape index (κ2) is 1.89. The maximum atomic E-state index is 10.4. The minimum Gasteiger partial charge on any atom is -0.424 e. The van der Waals surface area contributed by atoms with E-state index in [1.807, 2.05) is 0 Å². The minimum absolute atomic E-state index is 0.481. The van der Waals surface area contributed by atoms with E-state index in [1.54, 1.807) is 13.0 Å². The van der Waals surface area contributed by atoms with Crippen molar-refractivity contribution < 1.29 is 5.21 Å². The topological polar surface area (TPSA) is 55.1 Å². The average Bonchev–Trinajstić information content (AvgIpc) is 1.83. The third-order valence-corrected chi connectivity index (χ3v) is 1.02. The van der Waals surface area contributed by atoms with E-state index in [0.717, 1.165) is 0 Å². The summed E-state index contributed by atoms with van der Waals surface area (Å²) in [5.41, 5.74) is -0.162. The van der Waals surface area contributed by atoms with Gasteiger partial charge in [-0.3, -0.25) is 0 Å². The van der Waals surface area contributed by atoms with Gasteiger partial charge in [-0.25, -0.2) is 4.79 Å². The number of rotatable bonds is 0. The highest BCUT2D eigenvalue weighted by Crippen LogP contribution is 1.84. The average molecular weight is 126 g/mol. The summed E-state index contributed by atoms with van der Waals surface area (Å²) in [6, 6.07) is 1.54. The molecule has 4 heteroatoms. The van der Waals surface area contributed by atoms with E-state index in [1.165, 1.54) is 6.20 Å². The van der Waals surface area contributed by atoms with Crippen molar-refractivity contribution in [3.63, 3.8) is 0 Å². The van der Waals surface area contributed by atoms with Crippen molar-refractivity contribution in [1.82, 2.24) is 9.71 Å². The Kier molecular flexibility index (Phi) is 1.22. The number of aromatic nitrogens is 2. The van der Waals surface area contributed by atoms with Crippen LogP contribution < -0.4 is 5.69 Å². The summed E-state index contributed by atoms with van der Waals surface area (Å²) in [5.74, 6) is 0. The Bertz CT molecular complexity index is 266. The molecular formula is C5H6N2O2. The van der Waals surface area contributed by atoms with Crippen LogP contribution in [0.2, 0.25) is 0 Å². The molecule has 0 aliphatic rings. The van der Waals surface area contributed by atoms with Gasteiger partial charge in [0.1, 0.15) is 0 Å². The van der Waals surface area contributed by atoms with Gasteiger partial charge in [0.25, 0.3) is 0 Å². The number of hydrogen-bond acceptors (Lipinski definition) is 3. The van der Waals surface area contributed by atoms with Gasteiger partial charge in [-0.1, -0.05) is 0 Å². The summed E-state index contributed by atoms with van der Waals surface area (Å²) in [6.45, 7) is 1.61. The largest absolute Gasteiger partial charge is 0.424 e. The van der Waals surface area contributed by atoms with Crippen LogP contribution in [0, 0.1) is 6.92 Å². The van der Waals surface area contributed by atoms with E-state index < -0.39 is 5.69 Å². The zero-order valence-corrected chi connectivity index (χ0v) is 4.90. The Morgan fingerprint density at radius 2 is 2.44 bits per heavy atom. The molecule has 48 valence electrons. The molecule has 0 spiro atoms. The summed E-state index contributed by atoms with van der Waals surface area (Å²) in [7, 11) is 0. The first-order chi connectivity index (χ1) is 4.22. The molecule has 9 heavy (non-hydrogen) atoms. The van der Waals surface area contributed by atoms with Crippen molar-refractivity contribution in [2.45, 2.75) is 6.92 Å². The Morgan fingerprint density at radius 1 is 1.78 bits per heavy atom. The van der Waals surface area contributed by atoms with Gasteiger partial charge >= 0.3 is 5.69 Å². The standard InChI is InChI=1S/C5H6N2O2/c1-4-2-3-6-5(8)7(4)9/h2-3,9H,1H3. The van der Waals surface area contributed by atoms with Gasteiger partial charge in [0, 0.05) is 6.20 Å². The number of hydrogen-bond donors (Lipinski definition) is 1. The Hall–Kier alpha value is -1.32. The normalized spacial score (nSPS) is 9.44. The highest BCUT2D eigenvalue weighted by atomic mass is 16.5. The van der Waals surface area contributed by atoms with Crippen LogP contribution in [0.3, 0.4) is 0 Å². The lowest BCUT2D eigenvalue weighted by molar-refractivity contribution is 0.163. The van der Waals surface area contributed by atoms with Crippen LogP contribution in [0.5, 0.6) is 0 Å². The molecule has 1 aromatic rings. The van der Waals surface area contributed by atoms with Crippen molar-refractivity contribution in [3.8, 4) is 0 Å². The van der Waals surface area contributed by atoms with Gasteiger partial charge in [0.2, 0.25) is 0 Å². The lowest BCUT2D eigenvalue weighted by atomic mass is 10.5. The van der Waals surface area contributed by atoms with Crippen LogP contribution >= 0.6 is 0 Å². The van der Waals surface area contributed by atoms with E-state index in [-0.39, 0.29) is 0 Å². The van der Waals surface area contributed by atoms with Crippen LogP contribution in [0.4, 0.5) is 0 Å². The molecule has 0 unspecified atom stereocenters. The van der Waals surface area contributed by atoms with Crippen molar-refractivity contribution in [2.24, 2.45) is 0 Å². The Labute approximate surface area is 51.4 Å².